The Morgan fingerprint density at radius 1 is 1.00 bits per heavy atom. The summed E-state index contributed by atoms with van der Waals surface area (Å²) in [6, 6.07) is 12.2. The second kappa shape index (κ2) is 12.7. The maximum absolute atomic E-state index is 14.7. The second-order valence-electron chi connectivity index (χ2n) is 9.32. The number of hydrogen-bond acceptors (Lipinski definition) is 6. The highest BCUT2D eigenvalue weighted by Crippen LogP contribution is 2.28. The van der Waals surface area contributed by atoms with Crippen LogP contribution in [-0.4, -0.2) is 68.5 Å². The highest BCUT2D eigenvalue weighted by atomic mass is 35.5. The predicted molar refractivity (Wildman–Crippen MR) is 147 cm³/mol. The average Bonchev–Trinajstić information content (AvgIpc) is 2.95. The van der Waals surface area contributed by atoms with Crippen molar-refractivity contribution in [3.05, 3.63) is 98.8 Å². The molecule has 10 nitrogen and oxygen atoms in total. The minimum absolute atomic E-state index is 0.0463. The van der Waals surface area contributed by atoms with Crippen LogP contribution in [-0.2, 0) is 16.1 Å². The lowest BCUT2D eigenvalue weighted by molar-refractivity contribution is -0.192. The van der Waals surface area contributed by atoms with Gasteiger partial charge in [0.1, 0.15) is 29.4 Å². The van der Waals surface area contributed by atoms with E-state index in [2.05, 4.69) is 5.10 Å². The van der Waals surface area contributed by atoms with Gasteiger partial charge in [0, 0.05) is 13.1 Å². The zero-order valence-electron chi connectivity index (χ0n) is 22.2. The number of aromatic nitrogens is 2. The van der Waals surface area contributed by atoms with E-state index in [0.717, 1.165) is 18.3 Å². The van der Waals surface area contributed by atoms with Gasteiger partial charge in [-0.1, -0.05) is 23.7 Å². The second-order valence-corrected chi connectivity index (χ2v) is 9.73. The number of aromatic hydroxyl groups is 1. The van der Waals surface area contributed by atoms with Crippen molar-refractivity contribution in [1.82, 2.24) is 14.7 Å². The molecule has 2 N–H and O–H groups in total. The third kappa shape index (κ3) is 6.94. The average molecular weight is 639 g/mol. The van der Waals surface area contributed by atoms with E-state index >= 15 is 0 Å². The van der Waals surface area contributed by atoms with Gasteiger partial charge in [-0.05, 0) is 48.0 Å². The van der Waals surface area contributed by atoms with E-state index in [0.29, 0.717) is 11.3 Å². The Labute approximate surface area is 249 Å². The Morgan fingerprint density at radius 2 is 1.70 bits per heavy atom. The molecule has 1 aromatic heterocycles. The molecule has 1 aliphatic heterocycles. The van der Waals surface area contributed by atoms with Crippen LogP contribution in [0.1, 0.15) is 15.9 Å². The van der Waals surface area contributed by atoms with Crippen molar-refractivity contribution >= 4 is 46.0 Å². The first-order valence-electron chi connectivity index (χ1n) is 12.5. The standard InChI is InChI=1S/C26H19ClF2N4O4.C2HF3O2/c27-19-11-16(28)5-7-21(19)32-9-8-31(14-24(32)36)26(37)18-10-15(4-6-20(18)29)13-33-25-17(23(35)12-30-33)2-1-3-22(25)34;3-2(4,5)1(6)7/h1-7,10-12,34H,8-9,13-14H2;(H,6,7). The first kappa shape index (κ1) is 31.9. The number of piperazine rings is 1. The Bertz CT molecular complexity index is 1830. The number of carboxylic acids is 1. The zero-order valence-corrected chi connectivity index (χ0v) is 22.9. The number of fused-ring (bicyclic) bond motifs is 1. The third-order valence-electron chi connectivity index (χ3n) is 6.40. The molecule has 0 saturated carbocycles. The quantitative estimate of drug-likeness (QED) is 0.320. The van der Waals surface area contributed by atoms with Crippen molar-refractivity contribution in [3.63, 3.8) is 0 Å². The van der Waals surface area contributed by atoms with Crippen LogP contribution in [0, 0.1) is 11.6 Å². The number of phenols is 1. The van der Waals surface area contributed by atoms with E-state index in [1.165, 1.54) is 44.8 Å². The minimum Gasteiger partial charge on any atom is -0.506 e. The number of carbonyl (C=O) groups is 3. The SMILES string of the molecule is O=C(O)C(F)(F)F.O=C(c1cc(Cn2ncc(=O)c3cccc(O)c32)ccc1F)N1CCN(c2ccc(F)cc2Cl)C(=O)C1. The normalized spacial score (nSPS) is 13.5. The van der Waals surface area contributed by atoms with E-state index in [-0.39, 0.29) is 58.8 Å². The van der Waals surface area contributed by atoms with Crippen molar-refractivity contribution in [3.8, 4) is 5.75 Å². The van der Waals surface area contributed by atoms with Gasteiger partial charge in [0.2, 0.25) is 11.3 Å². The molecule has 16 heteroatoms. The topological polar surface area (TPSA) is 133 Å². The Balaban J connectivity index is 0.000000566. The molecule has 5 rings (SSSR count). The first-order chi connectivity index (χ1) is 20.7. The molecule has 0 bridgehead atoms. The van der Waals surface area contributed by atoms with Gasteiger partial charge in [-0.3, -0.25) is 19.1 Å². The molecule has 230 valence electrons. The summed E-state index contributed by atoms with van der Waals surface area (Å²) >= 11 is 6.08. The molecule has 2 amide bonds. The molecule has 2 heterocycles. The maximum atomic E-state index is 14.7. The van der Waals surface area contributed by atoms with E-state index < -0.39 is 35.6 Å². The number of amides is 2. The van der Waals surface area contributed by atoms with Gasteiger partial charge in [-0.25, -0.2) is 13.6 Å². The number of phenolic OH excluding ortho intramolecular Hbond substituents is 1. The highest BCUT2D eigenvalue weighted by molar-refractivity contribution is 6.33. The van der Waals surface area contributed by atoms with Crippen LogP contribution in [0.15, 0.2) is 65.6 Å². The molecule has 3 aromatic carbocycles. The number of carboxylic acid groups (broad SMARTS) is 1. The van der Waals surface area contributed by atoms with Gasteiger partial charge < -0.3 is 20.0 Å². The van der Waals surface area contributed by atoms with Gasteiger partial charge in [0.15, 0.2) is 0 Å². The lowest BCUT2D eigenvalue weighted by atomic mass is 10.1. The van der Waals surface area contributed by atoms with Crippen LogP contribution in [0.2, 0.25) is 5.02 Å². The van der Waals surface area contributed by atoms with E-state index in [4.69, 9.17) is 21.5 Å². The molecule has 44 heavy (non-hydrogen) atoms. The van der Waals surface area contributed by atoms with Crippen LogP contribution in [0.25, 0.3) is 10.9 Å². The number of para-hydroxylation sites is 1. The number of hydrogen-bond donors (Lipinski definition) is 2. The maximum Gasteiger partial charge on any atom is 0.490 e. The number of nitrogens with zero attached hydrogens (tertiary/aromatic N) is 4. The minimum atomic E-state index is -5.08. The van der Waals surface area contributed by atoms with E-state index in [9.17, 15) is 41.4 Å². The van der Waals surface area contributed by atoms with Crippen LogP contribution in [0.5, 0.6) is 5.75 Å². The van der Waals surface area contributed by atoms with Crippen molar-refractivity contribution in [2.24, 2.45) is 0 Å². The van der Waals surface area contributed by atoms with Crippen molar-refractivity contribution in [1.29, 1.82) is 0 Å². The Morgan fingerprint density at radius 3 is 2.34 bits per heavy atom. The van der Waals surface area contributed by atoms with Crippen LogP contribution in [0.3, 0.4) is 0 Å². The number of benzene rings is 3. The smallest absolute Gasteiger partial charge is 0.490 e. The number of halogens is 6. The van der Waals surface area contributed by atoms with Crippen LogP contribution in [0.4, 0.5) is 27.6 Å². The van der Waals surface area contributed by atoms with Crippen molar-refractivity contribution < 1.29 is 46.5 Å². The molecule has 1 aliphatic rings. The van der Waals surface area contributed by atoms with Crippen molar-refractivity contribution in [2.75, 3.05) is 24.5 Å². The number of anilines is 1. The third-order valence-corrected chi connectivity index (χ3v) is 6.70. The Kier molecular flexibility index (Phi) is 9.18. The molecule has 1 fully saturated rings. The summed E-state index contributed by atoms with van der Waals surface area (Å²) < 4.78 is 61.2. The fourth-order valence-electron chi connectivity index (χ4n) is 4.35. The molecule has 0 spiro atoms. The summed E-state index contributed by atoms with van der Waals surface area (Å²) in [4.78, 5) is 49.6. The molecule has 1 saturated heterocycles. The van der Waals surface area contributed by atoms with Crippen LogP contribution >= 0.6 is 11.6 Å². The molecule has 0 unspecified atom stereocenters. The lowest BCUT2D eigenvalue weighted by Gasteiger charge is -2.34. The Hall–Kier alpha value is -5.05. The molecular weight excluding hydrogens is 619 g/mol. The molecule has 0 atom stereocenters. The number of carbonyl (C=O) groups excluding carboxylic acids is 2. The van der Waals surface area contributed by atoms with E-state index in [1.807, 2.05) is 0 Å². The number of rotatable bonds is 4. The molecular formula is C28H20ClF5N4O6. The summed E-state index contributed by atoms with van der Waals surface area (Å²) in [7, 11) is 0. The van der Waals surface area contributed by atoms with Crippen molar-refractivity contribution in [2.45, 2.75) is 12.7 Å². The van der Waals surface area contributed by atoms with Gasteiger partial charge in [-0.2, -0.15) is 18.3 Å². The summed E-state index contributed by atoms with van der Waals surface area (Å²) in [6.45, 7) is -0.0494. The monoisotopic (exact) mass is 638 g/mol. The van der Waals surface area contributed by atoms with Gasteiger partial charge >= 0.3 is 12.1 Å². The fraction of sp³-hybridized carbons (Fsp3) is 0.179. The predicted octanol–water partition coefficient (Wildman–Crippen LogP) is 4.20. The molecule has 0 aliphatic carbocycles. The number of alkyl halides is 3. The highest BCUT2D eigenvalue weighted by Gasteiger charge is 2.38. The van der Waals surface area contributed by atoms with Gasteiger partial charge in [-0.15, -0.1) is 0 Å². The fourth-order valence-corrected chi connectivity index (χ4v) is 4.62. The summed E-state index contributed by atoms with van der Waals surface area (Å²) in [5, 5.41) is 21.8. The zero-order chi connectivity index (χ0) is 32.3. The molecule has 4 aromatic rings. The lowest BCUT2D eigenvalue weighted by Crippen LogP contribution is -2.52. The van der Waals surface area contributed by atoms with E-state index in [1.54, 1.807) is 12.1 Å². The van der Waals surface area contributed by atoms with Crippen LogP contribution < -0.4 is 10.3 Å². The summed E-state index contributed by atoms with van der Waals surface area (Å²) in [5.41, 5.74) is 0.454. The molecule has 0 radical (unpaired) electrons. The van der Waals surface area contributed by atoms with Gasteiger partial charge in [0.25, 0.3) is 5.91 Å². The largest absolute Gasteiger partial charge is 0.506 e. The summed E-state index contributed by atoms with van der Waals surface area (Å²) in [6.07, 6.45) is -3.96. The first-order valence-corrected chi connectivity index (χ1v) is 12.9. The number of aliphatic carboxylic acids is 1. The van der Waals surface area contributed by atoms with Gasteiger partial charge in [0.05, 0.1) is 34.4 Å². The summed E-state index contributed by atoms with van der Waals surface area (Å²) in [5.74, 6) is -5.30.